The Kier molecular flexibility index (Phi) is 2.01. The Morgan fingerprint density at radius 1 is 1.28 bits per heavy atom. The Morgan fingerprint density at radius 2 is 1.94 bits per heavy atom. The number of aryl methyl sites for hydroxylation is 1. The third-order valence-corrected chi connectivity index (χ3v) is 3.18. The standard InChI is InChI=1S/C13H10N4O/c1-8-9(7-14)15-13-16(2)10-5-3-4-6-11(10)17(13)12(8)18/h3-6H,1-2H3. The maximum atomic E-state index is 12.3. The molecule has 0 aliphatic heterocycles. The van der Waals surface area contributed by atoms with Crippen LogP contribution >= 0.6 is 0 Å². The average molecular weight is 238 g/mol. The molecule has 0 N–H and O–H groups in total. The van der Waals surface area contributed by atoms with E-state index in [2.05, 4.69) is 4.98 Å². The predicted molar refractivity (Wildman–Crippen MR) is 67.4 cm³/mol. The van der Waals surface area contributed by atoms with Crippen molar-refractivity contribution in [2.24, 2.45) is 7.05 Å². The molecule has 3 aromatic rings. The lowest BCUT2D eigenvalue weighted by Gasteiger charge is -1.99. The van der Waals surface area contributed by atoms with Gasteiger partial charge in [-0.15, -0.1) is 0 Å². The van der Waals surface area contributed by atoms with Crippen LogP contribution in [0.5, 0.6) is 0 Å². The van der Waals surface area contributed by atoms with Crippen molar-refractivity contribution in [2.75, 3.05) is 0 Å². The van der Waals surface area contributed by atoms with Crippen LogP contribution in [0.25, 0.3) is 16.8 Å². The van der Waals surface area contributed by atoms with E-state index in [0.29, 0.717) is 11.3 Å². The minimum absolute atomic E-state index is 0.186. The molecule has 0 atom stereocenters. The molecule has 0 bridgehead atoms. The van der Waals surface area contributed by atoms with Gasteiger partial charge in [-0.25, -0.2) is 9.38 Å². The van der Waals surface area contributed by atoms with Gasteiger partial charge in [-0.2, -0.15) is 5.26 Å². The zero-order chi connectivity index (χ0) is 12.9. The summed E-state index contributed by atoms with van der Waals surface area (Å²) in [5.74, 6) is 0.489. The van der Waals surface area contributed by atoms with Crippen LogP contribution in [0.3, 0.4) is 0 Å². The molecule has 0 saturated carbocycles. The first-order valence-electron chi connectivity index (χ1n) is 5.52. The van der Waals surface area contributed by atoms with Crippen molar-refractivity contribution >= 4 is 16.8 Å². The predicted octanol–water partition coefficient (Wildman–Crippen LogP) is 1.37. The summed E-state index contributed by atoms with van der Waals surface area (Å²) in [4.78, 5) is 16.5. The zero-order valence-corrected chi connectivity index (χ0v) is 10.0. The minimum atomic E-state index is -0.187. The van der Waals surface area contributed by atoms with Gasteiger partial charge in [-0.3, -0.25) is 4.79 Å². The quantitative estimate of drug-likeness (QED) is 0.594. The number of nitrogens with zero attached hydrogens (tertiary/aromatic N) is 4. The molecule has 18 heavy (non-hydrogen) atoms. The van der Waals surface area contributed by atoms with E-state index >= 15 is 0 Å². The van der Waals surface area contributed by atoms with Gasteiger partial charge in [0.1, 0.15) is 6.07 Å². The van der Waals surface area contributed by atoms with E-state index in [1.807, 2.05) is 41.9 Å². The van der Waals surface area contributed by atoms with Crippen LogP contribution < -0.4 is 5.56 Å². The topological polar surface area (TPSA) is 63.1 Å². The lowest BCUT2D eigenvalue weighted by Crippen LogP contribution is -2.19. The molecule has 0 unspecified atom stereocenters. The smallest absolute Gasteiger partial charge is 0.263 e. The fraction of sp³-hybridized carbons (Fsp3) is 0.154. The van der Waals surface area contributed by atoms with Crippen molar-refractivity contribution in [3.05, 3.63) is 45.9 Å². The third kappa shape index (κ3) is 1.14. The molecule has 5 heteroatoms. The van der Waals surface area contributed by atoms with Crippen LogP contribution in [0, 0.1) is 18.3 Å². The van der Waals surface area contributed by atoms with Crippen LogP contribution in [-0.2, 0) is 7.05 Å². The Bertz CT molecular complexity index is 880. The summed E-state index contributed by atoms with van der Waals surface area (Å²) in [6.45, 7) is 1.63. The summed E-state index contributed by atoms with van der Waals surface area (Å²) in [6, 6.07) is 9.54. The van der Waals surface area contributed by atoms with E-state index in [9.17, 15) is 4.79 Å². The summed E-state index contributed by atoms with van der Waals surface area (Å²) in [6.07, 6.45) is 0. The number of imidazole rings is 1. The van der Waals surface area contributed by atoms with Gasteiger partial charge in [0.2, 0.25) is 5.78 Å². The molecule has 3 rings (SSSR count). The molecule has 88 valence electrons. The molecule has 0 saturated heterocycles. The normalized spacial score (nSPS) is 10.9. The molecule has 2 aromatic heterocycles. The van der Waals surface area contributed by atoms with Crippen molar-refractivity contribution in [1.82, 2.24) is 14.0 Å². The summed E-state index contributed by atoms with van der Waals surface area (Å²) >= 11 is 0. The molecular formula is C13H10N4O. The van der Waals surface area contributed by atoms with E-state index in [-0.39, 0.29) is 11.3 Å². The van der Waals surface area contributed by atoms with E-state index < -0.39 is 0 Å². The molecule has 0 fully saturated rings. The molecule has 5 nitrogen and oxygen atoms in total. The van der Waals surface area contributed by atoms with Crippen molar-refractivity contribution in [3.63, 3.8) is 0 Å². The van der Waals surface area contributed by atoms with Gasteiger partial charge in [0.25, 0.3) is 5.56 Å². The first kappa shape index (κ1) is 10.5. The SMILES string of the molecule is Cc1c(C#N)nc2n(C)c3ccccc3n2c1=O. The maximum absolute atomic E-state index is 12.3. The van der Waals surface area contributed by atoms with E-state index in [0.717, 1.165) is 11.0 Å². The molecule has 1 aromatic carbocycles. The van der Waals surface area contributed by atoms with Crippen LogP contribution in [0.4, 0.5) is 0 Å². The highest BCUT2D eigenvalue weighted by molar-refractivity contribution is 5.80. The second kappa shape index (κ2) is 3.44. The summed E-state index contributed by atoms with van der Waals surface area (Å²) in [5, 5.41) is 9.00. The van der Waals surface area contributed by atoms with Gasteiger partial charge in [-0.1, -0.05) is 12.1 Å². The Morgan fingerprint density at radius 3 is 2.61 bits per heavy atom. The monoisotopic (exact) mass is 238 g/mol. The summed E-state index contributed by atoms with van der Waals surface area (Å²) in [7, 11) is 1.83. The fourth-order valence-corrected chi connectivity index (χ4v) is 2.19. The lowest BCUT2D eigenvalue weighted by molar-refractivity contribution is 0.922. The molecule has 0 spiro atoms. The van der Waals surface area contributed by atoms with E-state index in [1.54, 1.807) is 11.3 Å². The highest BCUT2D eigenvalue weighted by atomic mass is 16.1. The highest BCUT2D eigenvalue weighted by Crippen LogP contribution is 2.17. The van der Waals surface area contributed by atoms with E-state index in [1.165, 1.54) is 0 Å². The average Bonchev–Trinajstić information content (AvgIpc) is 2.68. The number of para-hydroxylation sites is 2. The van der Waals surface area contributed by atoms with Crippen LogP contribution in [0.1, 0.15) is 11.3 Å². The summed E-state index contributed by atoms with van der Waals surface area (Å²) < 4.78 is 3.36. The summed E-state index contributed by atoms with van der Waals surface area (Å²) in [5.41, 5.74) is 2.10. The van der Waals surface area contributed by atoms with Gasteiger partial charge in [0.05, 0.1) is 16.6 Å². The van der Waals surface area contributed by atoms with Gasteiger partial charge in [0.15, 0.2) is 5.69 Å². The van der Waals surface area contributed by atoms with Crippen LogP contribution in [0.15, 0.2) is 29.1 Å². The highest BCUT2D eigenvalue weighted by Gasteiger charge is 2.14. The zero-order valence-electron chi connectivity index (χ0n) is 10.0. The Balaban J connectivity index is 2.71. The number of fused-ring (bicyclic) bond motifs is 3. The molecule has 2 heterocycles. The van der Waals surface area contributed by atoms with Crippen molar-refractivity contribution in [1.29, 1.82) is 5.26 Å². The number of aromatic nitrogens is 3. The van der Waals surface area contributed by atoms with Crippen molar-refractivity contribution < 1.29 is 0 Å². The third-order valence-electron chi connectivity index (χ3n) is 3.18. The van der Waals surface area contributed by atoms with Crippen molar-refractivity contribution in [3.8, 4) is 6.07 Å². The number of hydrogen-bond donors (Lipinski definition) is 0. The number of hydrogen-bond acceptors (Lipinski definition) is 3. The molecule has 0 radical (unpaired) electrons. The Hall–Kier alpha value is -2.61. The molecular weight excluding hydrogens is 228 g/mol. The van der Waals surface area contributed by atoms with Gasteiger partial charge in [-0.05, 0) is 19.1 Å². The first-order valence-corrected chi connectivity index (χ1v) is 5.52. The van der Waals surface area contributed by atoms with Crippen molar-refractivity contribution in [2.45, 2.75) is 6.92 Å². The van der Waals surface area contributed by atoms with Gasteiger partial charge in [0, 0.05) is 7.05 Å². The van der Waals surface area contributed by atoms with E-state index in [4.69, 9.17) is 5.26 Å². The Labute approximate surface area is 103 Å². The van der Waals surface area contributed by atoms with Crippen LogP contribution in [-0.4, -0.2) is 14.0 Å². The lowest BCUT2D eigenvalue weighted by atomic mass is 10.2. The maximum Gasteiger partial charge on any atom is 0.263 e. The van der Waals surface area contributed by atoms with Crippen LogP contribution in [0.2, 0.25) is 0 Å². The number of rotatable bonds is 0. The largest absolute Gasteiger partial charge is 0.313 e. The van der Waals surface area contributed by atoms with Gasteiger partial charge >= 0.3 is 0 Å². The molecule has 0 aliphatic carbocycles. The second-order valence-corrected chi connectivity index (χ2v) is 4.19. The fourth-order valence-electron chi connectivity index (χ4n) is 2.19. The molecule has 0 aliphatic rings. The molecule has 0 amide bonds. The number of benzene rings is 1. The van der Waals surface area contributed by atoms with Gasteiger partial charge < -0.3 is 4.57 Å². The first-order chi connectivity index (χ1) is 8.65. The minimum Gasteiger partial charge on any atom is -0.313 e. The number of nitriles is 1. The second-order valence-electron chi connectivity index (χ2n) is 4.19.